The number of hydrogen-bond acceptors (Lipinski definition) is 4. The molecule has 2 N–H and O–H groups in total. The molecular weight excluding hydrogens is 254 g/mol. The number of H-pyrrole nitrogens is 1. The van der Waals surface area contributed by atoms with Gasteiger partial charge in [-0.1, -0.05) is 13.3 Å². The molecule has 2 unspecified atom stereocenters. The molecule has 0 spiro atoms. The van der Waals surface area contributed by atoms with Crippen LogP contribution >= 0.6 is 0 Å². The van der Waals surface area contributed by atoms with Crippen LogP contribution in [0.3, 0.4) is 0 Å². The lowest BCUT2D eigenvalue weighted by atomic mass is 9.78. The van der Waals surface area contributed by atoms with E-state index in [1.165, 1.54) is 6.42 Å². The van der Waals surface area contributed by atoms with Gasteiger partial charge in [-0.3, -0.25) is 4.79 Å². The van der Waals surface area contributed by atoms with E-state index in [4.69, 9.17) is 9.72 Å². The van der Waals surface area contributed by atoms with E-state index in [0.29, 0.717) is 25.6 Å². The average Bonchev–Trinajstić information content (AvgIpc) is 2.88. The fourth-order valence-electron chi connectivity index (χ4n) is 3.59. The molecule has 1 saturated carbocycles. The second kappa shape index (κ2) is 5.30. The maximum atomic E-state index is 12.2. The highest BCUT2D eigenvalue weighted by molar-refractivity contribution is 5.23. The van der Waals surface area contributed by atoms with Crippen molar-refractivity contribution in [3.8, 4) is 0 Å². The fourth-order valence-corrected chi connectivity index (χ4v) is 3.59. The molecule has 1 aliphatic carbocycles. The molecule has 110 valence electrons. The molecule has 0 amide bonds. The summed E-state index contributed by atoms with van der Waals surface area (Å²) < 4.78 is 6.09. The first-order chi connectivity index (χ1) is 9.64. The number of fused-ring (bicyclic) bond motifs is 1. The highest BCUT2D eigenvalue weighted by atomic mass is 16.5. The second-order valence-corrected chi connectivity index (χ2v) is 6.07. The van der Waals surface area contributed by atoms with Crippen LogP contribution in [0, 0.1) is 5.92 Å². The summed E-state index contributed by atoms with van der Waals surface area (Å²) in [5.74, 6) is 1.34. The normalized spacial score (nSPS) is 29.4. The van der Waals surface area contributed by atoms with Crippen LogP contribution in [0.25, 0.3) is 0 Å². The molecule has 1 aromatic rings. The predicted molar refractivity (Wildman–Crippen MR) is 76.3 cm³/mol. The molecular formula is C15H23N3O2. The van der Waals surface area contributed by atoms with Crippen LogP contribution in [-0.4, -0.2) is 16.6 Å². The number of hydrogen-bond donors (Lipinski definition) is 2. The smallest absolute Gasteiger partial charge is 0.255 e. The molecule has 20 heavy (non-hydrogen) atoms. The van der Waals surface area contributed by atoms with E-state index in [-0.39, 0.29) is 5.56 Å². The zero-order valence-electron chi connectivity index (χ0n) is 12.3. The Bertz CT molecular complexity index is 551. The van der Waals surface area contributed by atoms with Crippen LogP contribution in [0.15, 0.2) is 4.79 Å². The zero-order valence-corrected chi connectivity index (χ0v) is 12.3. The summed E-state index contributed by atoms with van der Waals surface area (Å²) in [5, 5.41) is 3.19. The maximum absolute atomic E-state index is 12.2. The van der Waals surface area contributed by atoms with Crippen molar-refractivity contribution < 1.29 is 4.74 Å². The lowest BCUT2D eigenvalue weighted by Crippen LogP contribution is -2.39. The molecule has 2 atom stereocenters. The predicted octanol–water partition coefficient (Wildman–Crippen LogP) is 1.81. The molecule has 1 aromatic heterocycles. The number of nitrogens with zero attached hydrogens (tertiary/aromatic N) is 1. The molecule has 5 nitrogen and oxygen atoms in total. The third kappa shape index (κ3) is 2.29. The van der Waals surface area contributed by atoms with Crippen molar-refractivity contribution >= 4 is 0 Å². The molecule has 0 saturated heterocycles. The highest BCUT2D eigenvalue weighted by Crippen LogP contribution is 2.41. The molecule has 2 aliphatic rings. The van der Waals surface area contributed by atoms with Gasteiger partial charge in [-0.15, -0.1) is 0 Å². The number of nitrogens with one attached hydrogen (secondary N) is 2. The van der Waals surface area contributed by atoms with Crippen molar-refractivity contribution in [2.24, 2.45) is 5.92 Å². The van der Waals surface area contributed by atoms with Crippen LogP contribution in [0.4, 0.5) is 0 Å². The van der Waals surface area contributed by atoms with E-state index in [2.05, 4.69) is 17.2 Å². The lowest BCUT2D eigenvalue weighted by molar-refractivity contribution is -0.0883. The lowest BCUT2D eigenvalue weighted by Gasteiger charge is -2.38. The van der Waals surface area contributed by atoms with Gasteiger partial charge < -0.3 is 15.0 Å². The van der Waals surface area contributed by atoms with Gasteiger partial charge in [0.2, 0.25) is 0 Å². The van der Waals surface area contributed by atoms with Crippen molar-refractivity contribution in [1.29, 1.82) is 0 Å². The molecule has 1 aliphatic heterocycles. The average molecular weight is 277 g/mol. The molecule has 1 fully saturated rings. The van der Waals surface area contributed by atoms with Gasteiger partial charge >= 0.3 is 0 Å². The Labute approximate surface area is 119 Å². The van der Waals surface area contributed by atoms with Crippen molar-refractivity contribution in [2.45, 2.75) is 58.2 Å². The molecule has 0 bridgehead atoms. The third-order valence-corrected chi connectivity index (χ3v) is 4.50. The van der Waals surface area contributed by atoms with E-state index < -0.39 is 5.60 Å². The summed E-state index contributed by atoms with van der Waals surface area (Å²) in [6.07, 6.45) is 4.24. The molecule has 5 heteroatoms. The Hall–Kier alpha value is -1.20. The maximum Gasteiger partial charge on any atom is 0.255 e. The Morgan fingerprint density at radius 1 is 1.45 bits per heavy atom. The van der Waals surface area contributed by atoms with Crippen molar-refractivity contribution in [2.75, 3.05) is 6.61 Å². The van der Waals surface area contributed by atoms with Crippen molar-refractivity contribution in [1.82, 2.24) is 15.3 Å². The summed E-state index contributed by atoms with van der Waals surface area (Å²) in [6, 6.07) is 0. The summed E-state index contributed by atoms with van der Waals surface area (Å²) in [5.41, 5.74) is 1.26. The molecule has 2 heterocycles. The van der Waals surface area contributed by atoms with Crippen LogP contribution in [0.1, 0.15) is 56.6 Å². The Kier molecular flexibility index (Phi) is 3.65. The minimum absolute atomic E-state index is 0.00713. The summed E-state index contributed by atoms with van der Waals surface area (Å²) in [6.45, 7) is 6.21. The fraction of sp³-hybridized carbons (Fsp3) is 0.733. The van der Waals surface area contributed by atoms with Gasteiger partial charge in [0.05, 0.1) is 11.3 Å². The van der Waals surface area contributed by atoms with Crippen LogP contribution in [-0.2, 0) is 23.4 Å². The van der Waals surface area contributed by atoms with Gasteiger partial charge in [0.1, 0.15) is 11.4 Å². The monoisotopic (exact) mass is 277 g/mol. The van der Waals surface area contributed by atoms with Gasteiger partial charge in [-0.25, -0.2) is 4.98 Å². The van der Waals surface area contributed by atoms with Gasteiger partial charge in [0, 0.05) is 19.7 Å². The van der Waals surface area contributed by atoms with Crippen molar-refractivity contribution in [3.63, 3.8) is 0 Å². The first kappa shape index (κ1) is 13.8. The van der Waals surface area contributed by atoms with E-state index in [9.17, 15) is 4.79 Å². The summed E-state index contributed by atoms with van der Waals surface area (Å²) in [4.78, 5) is 19.9. The first-order valence-corrected chi connectivity index (χ1v) is 7.62. The topological polar surface area (TPSA) is 67.0 Å². The second-order valence-electron chi connectivity index (χ2n) is 6.07. The van der Waals surface area contributed by atoms with E-state index in [0.717, 1.165) is 36.3 Å². The molecule has 0 radical (unpaired) electrons. The minimum Gasteiger partial charge on any atom is -0.367 e. The quantitative estimate of drug-likeness (QED) is 0.884. The van der Waals surface area contributed by atoms with Crippen LogP contribution < -0.4 is 10.9 Å². The zero-order chi connectivity index (χ0) is 14.2. The van der Waals surface area contributed by atoms with Crippen LogP contribution in [0.5, 0.6) is 0 Å². The summed E-state index contributed by atoms with van der Waals surface area (Å²) in [7, 11) is 0. The number of rotatable bonds is 3. The van der Waals surface area contributed by atoms with Gasteiger partial charge in [-0.05, 0) is 32.1 Å². The van der Waals surface area contributed by atoms with Gasteiger partial charge in [0.15, 0.2) is 0 Å². The standard InChI is InChI=1S/C15H23N3O2/c1-3-20-15(6-4-5-10(2)7-15)14-17-12-9-16-8-11(12)13(19)18-14/h10,16H,3-9H2,1-2H3,(H,17,18,19). The Morgan fingerprint density at radius 3 is 3.05 bits per heavy atom. The molecule has 3 rings (SSSR count). The Balaban J connectivity index is 2.03. The van der Waals surface area contributed by atoms with Gasteiger partial charge in [-0.2, -0.15) is 0 Å². The van der Waals surface area contributed by atoms with E-state index in [1.54, 1.807) is 0 Å². The largest absolute Gasteiger partial charge is 0.367 e. The third-order valence-electron chi connectivity index (χ3n) is 4.50. The number of aromatic amines is 1. The van der Waals surface area contributed by atoms with Gasteiger partial charge in [0.25, 0.3) is 5.56 Å². The minimum atomic E-state index is -0.400. The summed E-state index contributed by atoms with van der Waals surface area (Å²) >= 11 is 0. The van der Waals surface area contributed by atoms with E-state index in [1.807, 2.05) is 6.92 Å². The number of ether oxygens (including phenoxy) is 1. The molecule has 0 aromatic carbocycles. The SMILES string of the molecule is CCOC1(c2nc3c(c(=O)[nH]2)CNC3)CCCC(C)C1. The van der Waals surface area contributed by atoms with E-state index >= 15 is 0 Å². The Morgan fingerprint density at radius 2 is 2.30 bits per heavy atom. The number of aromatic nitrogens is 2. The highest BCUT2D eigenvalue weighted by Gasteiger charge is 2.40. The first-order valence-electron chi connectivity index (χ1n) is 7.62. The van der Waals surface area contributed by atoms with Crippen molar-refractivity contribution in [3.05, 3.63) is 27.4 Å². The van der Waals surface area contributed by atoms with Crippen LogP contribution in [0.2, 0.25) is 0 Å².